The fraction of sp³-hybridized carbons (Fsp3) is 0.467. The molecular formula is C15H21N3O2. The first kappa shape index (κ1) is 14.4. The summed E-state index contributed by atoms with van der Waals surface area (Å²) in [6.07, 6.45) is 5.83. The monoisotopic (exact) mass is 275 g/mol. The van der Waals surface area contributed by atoms with E-state index < -0.39 is 0 Å². The van der Waals surface area contributed by atoms with Crippen molar-refractivity contribution < 1.29 is 10.0 Å². The summed E-state index contributed by atoms with van der Waals surface area (Å²) in [6.45, 7) is 1.67. The molecule has 1 amide bonds. The van der Waals surface area contributed by atoms with Crippen molar-refractivity contribution in [3.05, 3.63) is 35.4 Å². The lowest BCUT2D eigenvalue weighted by Gasteiger charge is -2.24. The van der Waals surface area contributed by atoms with Crippen LogP contribution in [0.15, 0.2) is 29.4 Å². The van der Waals surface area contributed by atoms with Crippen LogP contribution in [0.2, 0.25) is 0 Å². The molecule has 0 aromatic heterocycles. The maximum absolute atomic E-state index is 12.4. The summed E-state index contributed by atoms with van der Waals surface area (Å²) in [5, 5.41) is 11.6. The molecule has 1 fully saturated rings. The third-order valence-corrected chi connectivity index (χ3v) is 3.68. The van der Waals surface area contributed by atoms with Crippen LogP contribution in [0.3, 0.4) is 0 Å². The Labute approximate surface area is 119 Å². The van der Waals surface area contributed by atoms with Gasteiger partial charge in [-0.25, -0.2) is 0 Å². The number of carbonyl (C=O) groups excluding carboxylic acids is 1. The van der Waals surface area contributed by atoms with Gasteiger partial charge >= 0.3 is 0 Å². The van der Waals surface area contributed by atoms with Gasteiger partial charge in [-0.2, -0.15) is 0 Å². The summed E-state index contributed by atoms with van der Waals surface area (Å²) < 4.78 is 0. The number of rotatable bonds is 2. The number of oxime groups is 1. The van der Waals surface area contributed by atoms with E-state index in [1.807, 2.05) is 4.90 Å². The molecule has 2 rings (SSSR count). The van der Waals surface area contributed by atoms with Gasteiger partial charge in [0, 0.05) is 24.2 Å². The third-order valence-electron chi connectivity index (χ3n) is 3.68. The van der Waals surface area contributed by atoms with Crippen molar-refractivity contribution in [2.24, 2.45) is 10.9 Å². The zero-order valence-electron chi connectivity index (χ0n) is 11.6. The van der Waals surface area contributed by atoms with Gasteiger partial charge in [-0.1, -0.05) is 36.6 Å². The van der Waals surface area contributed by atoms with Gasteiger partial charge in [0.2, 0.25) is 0 Å². The predicted molar refractivity (Wildman–Crippen MR) is 77.9 cm³/mol. The van der Waals surface area contributed by atoms with Crippen molar-refractivity contribution in [2.75, 3.05) is 13.1 Å². The molecule has 1 aliphatic heterocycles. The van der Waals surface area contributed by atoms with E-state index >= 15 is 0 Å². The lowest BCUT2D eigenvalue weighted by atomic mass is 10.1. The maximum atomic E-state index is 12.4. The van der Waals surface area contributed by atoms with Crippen molar-refractivity contribution in [1.82, 2.24) is 4.90 Å². The summed E-state index contributed by atoms with van der Waals surface area (Å²) in [6, 6.07) is 6.86. The third kappa shape index (κ3) is 3.50. The minimum absolute atomic E-state index is 0.0512. The molecule has 108 valence electrons. The molecule has 5 heteroatoms. The maximum Gasteiger partial charge on any atom is 0.253 e. The van der Waals surface area contributed by atoms with Crippen LogP contribution in [0, 0.1) is 0 Å². The SMILES string of the molecule is N/C(=N\O)c1ccc(C(=O)N2CCCCCCC2)cc1. The summed E-state index contributed by atoms with van der Waals surface area (Å²) in [5.74, 6) is 0.119. The Morgan fingerprint density at radius 3 is 2.05 bits per heavy atom. The standard InChI is InChI=1S/C15H21N3O2/c16-14(17-20)12-6-8-13(9-7-12)15(19)18-10-4-2-1-3-5-11-18/h6-9,20H,1-5,10-11H2,(H2,16,17). The quantitative estimate of drug-likeness (QED) is 0.376. The van der Waals surface area contributed by atoms with Crippen LogP contribution >= 0.6 is 0 Å². The second-order valence-electron chi connectivity index (χ2n) is 5.12. The Morgan fingerprint density at radius 2 is 1.50 bits per heavy atom. The van der Waals surface area contributed by atoms with Crippen LogP contribution in [-0.4, -0.2) is 34.9 Å². The second-order valence-corrected chi connectivity index (χ2v) is 5.12. The Hall–Kier alpha value is -2.04. The van der Waals surface area contributed by atoms with Gasteiger partial charge in [0.25, 0.3) is 5.91 Å². The molecule has 0 atom stereocenters. The van der Waals surface area contributed by atoms with E-state index in [2.05, 4.69) is 5.16 Å². The highest BCUT2D eigenvalue weighted by molar-refractivity contribution is 5.99. The average Bonchev–Trinajstić information content (AvgIpc) is 2.46. The van der Waals surface area contributed by atoms with Gasteiger partial charge in [-0.05, 0) is 25.0 Å². The van der Waals surface area contributed by atoms with E-state index in [-0.39, 0.29) is 11.7 Å². The number of amides is 1. The molecule has 5 nitrogen and oxygen atoms in total. The smallest absolute Gasteiger partial charge is 0.253 e. The number of likely N-dealkylation sites (tertiary alicyclic amines) is 1. The topological polar surface area (TPSA) is 78.9 Å². The van der Waals surface area contributed by atoms with Crippen LogP contribution in [-0.2, 0) is 0 Å². The van der Waals surface area contributed by atoms with Gasteiger partial charge in [0.05, 0.1) is 0 Å². The molecule has 3 N–H and O–H groups in total. The molecule has 1 saturated heterocycles. The Bertz CT molecular complexity index is 474. The highest BCUT2D eigenvalue weighted by Crippen LogP contribution is 2.14. The number of amidine groups is 1. The Morgan fingerprint density at radius 1 is 1.00 bits per heavy atom. The normalized spacial score (nSPS) is 17.4. The van der Waals surface area contributed by atoms with Gasteiger partial charge in [-0.15, -0.1) is 0 Å². The van der Waals surface area contributed by atoms with Crippen LogP contribution < -0.4 is 5.73 Å². The summed E-state index contributed by atoms with van der Waals surface area (Å²) in [4.78, 5) is 14.4. The van der Waals surface area contributed by atoms with E-state index in [1.54, 1.807) is 24.3 Å². The molecule has 0 spiro atoms. The predicted octanol–water partition coefficient (Wildman–Crippen LogP) is 2.19. The molecule has 1 heterocycles. The van der Waals surface area contributed by atoms with Crippen LogP contribution in [0.25, 0.3) is 0 Å². The van der Waals surface area contributed by atoms with Gasteiger partial charge in [0.15, 0.2) is 5.84 Å². The highest BCUT2D eigenvalue weighted by Gasteiger charge is 2.16. The van der Waals surface area contributed by atoms with E-state index in [4.69, 9.17) is 10.9 Å². The molecule has 0 saturated carbocycles. The van der Waals surface area contributed by atoms with Crippen LogP contribution in [0.5, 0.6) is 0 Å². The van der Waals surface area contributed by atoms with Crippen molar-refractivity contribution in [1.29, 1.82) is 0 Å². The average molecular weight is 275 g/mol. The molecule has 1 aromatic carbocycles. The fourth-order valence-corrected chi connectivity index (χ4v) is 2.47. The Balaban J connectivity index is 2.07. The van der Waals surface area contributed by atoms with Gasteiger partial charge in [0.1, 0.15) is 0 Å². The summed E-state index contributed by atoms with van der Waals surface area (Å²) in [5.41, 5.74) is 6.77. The molecule has 0 bridgehead atoms. The van der Waals surface area contributed by atoms with Crippen molar-refractivity contribution in [3.63, 3.8) is 0 Å². The summed E-state index contributed by atoms with van der Waals surface area (Å²) in [7, 11) is 0. The molecule has 20 heavy (non-hydrogen) atoms. The van der Waals surface area contributed by atoms with E-state index in [0.717, 1.165) is 25.9 Å². The van der Waals surface area contributed by atoms with Crippen molar-refractivity contribution in [2.45, 2.75) is 32.1 Å². The fourth-order valence-electron chi connectivity index (χ4n) is 2.47. The number of benzene rings is 1. The number of nitrogens with two attached hydrogens (primary N) is 1. The number of hydrogen-bond donors (Lipinski definition) is 2. The lowest BCUT2D eigenvalue weighted by Crippen LogP contribution is -2.33. The molecule has 0 radical (unpaired) electrons. The van der Waals surface area contributed by atoms with E-state index in [9.17, 15) is 4.79 Å². The second kappa shape index (κ2) is 6.93. The summed E-state index contributed by atoms with van der Waals surface area (Å²) >= 11 is 0. The Kier molecular flexibility index (Phi) is 4.98. The first-order valence-electron chi connectivity index (χ1n) is 7.09. The minimum atomic E-state index is 0.0512. The highest BCUT2D eigenvalue weighted by atomic mass is 16.4. The first-order valence-corrected chi connectivity index (χ1v) is 7.09. The molecule has 1 aliphatic rings. The number of hydrogen-bond acceptors (Lipinski definition) is 3. The van der Waals surface area contributed by atoms with Gasteiger partial charge < -0.3 is 15.8 Å². The molecule has 0 aliphatic carbocycles. The van der Waals surface area contributed by atoms with Gasteiger partial charge in [-0.3, -0.25) is 4.79 Å². The number of nitrogens with zero attached hydrogens (tertiary/aromatic N) is 2. The van der Waals surface area contributed by atoms with E-state index in [0.29, 0.717) is 11.1 Å². The minimum Gasteiger partial charge on any atom is -0.409 e. The molecule has 0 unspecified atom stereocenters. The largest absolute Gasteiger partial charge is 0.409 e. The van der Waals surface area contributed by atoms with Crippen LogP contribution in [0.1, 0.15) is 48.0 Å². The van der Waals surface area contributed by atoms with E-state index in [1.165, 1.54) is 19.3 Å². The zero-order valence-corrected chi connectivity index (χ0v) is 11.6. The molecular weight excluding hydrogens is 254 g/mol. The van der Waals surface area contributed by atoms with Crippen LogP contribution in [0.4, 0.5) is 0 Å². The van der Waals surface area contributed by atoms with Crippen molar-refractivity contribution >= 4 is 11.7 Å². The number of carbonyl (C=O) groups is 1. The van der Waals surface area contributed by atoms with Crippen molar-refractivity contribution in [3.8, 4) is 0 Å². The first-order chi connectivity index (χ1) is 9.72. The zero-order chi connectivity index (χ0) is 14.4. The molecule has 1 aromatic rings. The lowest BCUT2D eigenvalue weighted by molar-refractivity contribution is 0.0742.